The number of unbranched alkanes of at least 4 members (excludes halogenated alkanes) is 2. The van der Waals surface area contributed by atoms with E-state index < -0.39 is 0 Å². The minimum absolute atomic E-state index is 0.954. The summed E-state index contributed by atoms with van der Waals surface area (Å²) in [4.78, 5) is 2.81. The molecule has 20 heavy (non-hydrogen) atoms. The summed E-state index contributed by atoms with van der Waals surface area (Å²) < 4.78 is 0. The van der Waals surface area contributed by atoms with E-state index in [-0.39, 0.29) is 0 Å². The van der Waals surface area contributed by atoms with Crippen LogP contribution in [0, 0.1) is 35.5 Å². The van der Waals surface area contributed by atoms with Gasteiger partial charge in [-0.3, -0.25) is 0 Å². The van der Waals surface area contributed by atoms with Crippen molar-refractivity contribution in [3.63, 3.8) is 0 Å². The number of rotatable bonds is 6. The third kappa shape index (κ3) is 2.54. The zero-order valence-corrected chi connectivity index (χ0v) is 13.8. The molecule has 6 atom stereocenters. The highest BCUT2D eigenvalue weighted by molar-refractivity contribution is 5.04. The topological polar surface area (TPSA) is 15.3 Å². The van der Waals surface area contributed by atoms with Crippen LogP contribution in [-0.2, 0) is 0 Å². The molecular formula is C18H34N2. The highest BCUT2D eigenvalue weighted by Crippen LogP contribution is 2.56. The molecule has 3 aliphatic carbocycles. The molecule has 4 aliphatic rings. The van der Waals surface area contributed by atoms with Crippen molar-refractivity contribution >= 4 is 0 Å². The molecule has 1 aliphatic heterocycles. The van der Waals surface area contributed by atoms with E-state index in [0.717, 1.165) is 35.5 Å². The van der Waals surface area contributed by atoms with E-state index >= 15 is 0 Å². The second-order valence-electron chi connectivity index (χ2n) is 7.78. The minimum atomic E-state index is 0.954. The van der Waals surface area contributed by atoms with Crippen LogP contribution in [0.1, 0.15) is 46.0 Å². The maximum absolute atomic E-state index is 3.47. The number of nitrogens with zero attached hydrogens (tertiary/aromatic N) is 1. The molecule has 1 N–H and O–H groups in total. The smallest absolute Gasteiger partial charge is 0.00158 e. The van der Waals surface area contributed by atoms with E-state index in [2.05, 4.69) is 31.1 Å². The molecule has 0 aromatic heterocycles. The summed E-state index contributed by atoms with van der Waals surface area (Å²) in [5, 5.41) is 3.47. The van der Waals surface area contributed by atoms with Crippen LogP contribution in [-0.4, -0.2) is 38.1 Å². The zero-order valence-electron chi connectivity index (χ0n) is 13.8. The van der Waals surface area contributed by atoms with Crippen molar-refractivity contribution < 1.29 is 0 Å². The summed E-state index contributed by atoms with van der Waals surface area (Å²) in [6, 6.07) is 0. The summed E-state index contributed by atoms with van der Waals surface area (Å²) in [5.41, 5.74) is 0. The molecule has 0 aromatic rings. The lowest BCUT2D eigenvalue weighted by Gasteiger charge is -2.54. The van der Waals surface area contributed by atoms with Gasteiger partial charge in [-0.2, -0.15) is 0 Å². The molecule has 6 unspecified atom stereocenters. The van der Waals surface area contributed by atoms with Crippen LogP contribution in [0.3, 0.4) is 0 Å². The lowest BCUT2D eigenvalue weighted by Crippen LogP contribution is -2.52. The molecule has 0 spiro atoms. The van der Waals surface area contributed by atoms with Gasteiger partial charge in [0.2, 0.25) is 0 Å². The van der Waals surface area contributed by atoms with Gasteiger partial charge in [-0.15, -0.1) is 0 Å². The molecule has 1 saturated heterocycles. The largest absolute Gasteiger partial charge is 0.319 e. The van der Waals surface area contributed by atoms with Gasteiger partial charge in [0.15, 0.2) is 0 Å². The fourth-order valence-electron chi connectivity index (χ4n) is 5.89. The zero-order chi connectivity index (χ0) is 14.1. The van der Waals surface area contributed by atoms with Crippen LogP contribution in [0.15, 0.2) is 0 Å². The summed E-state index contributed by atoms with van der Waals surface area (Å²) in [6.07, 6.45) is 7.23. The third-order valence-corrected chi connectivity index (χ3v) is 6.84. The summed E-state index contributed by atoms with van der Waals surface area (Å²) in [6.45, 7) is 10.3. The maximum atomic E-state index is 3.47. The third-order valence-electron chi connectivity index (χ3n) is 6.84. The van der Waals surface area contributed by atoms with Gasteiger partial charge in [0.1, 0.15) is 0 Å². The van der Waals surface area contributed by atoms with Gasteiger partial charge in [0, 0.05) is 13.1 Å². The lowest BCUT2D eigenvalue weighted by molar-refractivity contribution is -0.0445. The number of hydrogen-bond acceptors (Lipinski definition) is 2. The predicted molar refractivity (Wildman–Crippen MR) is 85.7 cm³/mol. The van der Waals surface area contributed by atoms with Crippen LogP contribution in [0.25, 0.3) is 0 Å². The van der Waals surface area contributed by atoms with Gasteiger partial charge in [-0.1, -0.05) is 26.7 Å². The van der Waals surface area contributed by atoms with E-state index in [1.807, 2.05) is 0 Å². The average molecular weight is 278 g/mol. The van der Waals surface area contributed by atoms with Crippen molar-refractivity contribution in [2.45, 2.75) is 46.0 Å². The molecule has 0 amide bonds. The molecule has 4 rings (SSSR count). The summed E-state index contributed by atoms with van der Waals surface area (Å²) in [5.74, 6) is 6.03. The Kier molecular flexibility index (Phi) is 4.72. The van der Waals surface area contributed by atoms with E-state index in [9.17, 15) is 0 Å². The average Bonchev–Trinajstić information content (AvgIpc) is 2.87. The van der Waals surface area contributed by atoms with Crippen LogP contribution >= 0.6 is 0 Å². The van der Waals surface area contributed by atoms with Crippen LogP contribution in [0.2, 0.25) is 0 Å². The van der Waals surface area contributed by atoms with E-state index in [4.69, 9.17) is 0 Å². The van der Waals surface area contributed by atoms with Crippen molar-refractivity contribution in [1.82, 2.24) is 10.2 Å². The summed E-state index contributed by atoms with van der Waals surface area (Å²) >= 11 is 0. The fraction of sp³-hybridized carbons (Fsp3) is 1.00. The molecule has 0 aromatic carbocycles. The second kappa shape index (κ2) is 6.36. The van der Waals surface area contributed by atoms with E-state index in [0.29, 0.717) is 0 Å². The Bertz CT molecular complexity index is 317. The Morgan fingerprint density at radius 2 is 1.70 bits per heavy atom. The number of hydrogen-bond donors (Lipinski definition) is 1. The first-order valence-electron chi connectivity index (χ1n) is 9.13. The predicted octanol–water partition coefficient (Wildman–Crippen LogP) is 3.24. The molecular weight excluding hydrogens is 244 g/mol. The van der Waals surface area contributed by atoms with Crippen LogP contribution < -0.4 is 5.32 Å². The van der Waals surface area contributed by atoms with Crippen LogP contribution in [0.4, 0.5) is 0 Å². The molecule has 1 heterocycles. The highest BCUT2D eigenvalue weighted by atomic mass is 15.2. The molecule has 2 bridgehead atoms. The Labute approximate surface area is 125 Å². The van der Waals surface area contributed by atoms with E-state index in [1.54, 1.807) is 0 Å². The number of fused-ring (bicyclic) bond motifs is 2. The van der Waals surface area contributed by atoms with Crippen molar-refractivity contribution in [1.29, 1.82) is 0 Å². The molecule has 2 nitrogen and oxygen atoms in total. The fourth-order valence-corrected chi connectivity index (χ4v) is 5.89. The second-order valence-corrected chi connectivity index (χ2v) is 7.78. The maximum Gasteiger partial charge on any atom is 0.00158 e. The number of nitrogens with one attached hydrogen (secondary N) is 1. The molecule has 0 radical (unpaired) electrons. The van der Waals surface area contributed by atoms with Crippen molar-refractivity contribution in [3.8, 4) is 0 Å². The molecule has 2 heteroatoms. The Morgan fingerprint density at radius 3 is 2.40 bits per heavy atom. The van der Waals surface area contributed by atoms with Crippen molar-refractivity contribution in [2.75, 3.05) is 33.2 Å². The first kappa shape index (κ1) is 14.8. The van der Waals surface area contributed by atoms with E-state index in [1.165, 1.54) is 58.3 Å². The quantitative estimate of drug-likeness (QED) is 0.750. The first-order chi connectivity index (χ1) is 9.76. The lowest BCUT2D eigenvalue weighted by atomic mass is 9.51. The normalized spacial score (nSPS) is 44.0. The molecule has 116 valence electrons. The van der Waals surface area contributed by atoms with Gasteiger partial charge in [0.05, 0.1) is 0 Å². The van der Waals surface area contributed by atoms with Gasteiger partial charge in [0.25, 0.3) is 0 Å². The Balaban J connectivity index is 1.64. The van der Waals surface area contributed by atoms with Gasteiger partial charge < -0.3 is 10.2 Å². The highest BCUT2D eigenvalue weighted by Gasteiger charge is 2.54. The van der Waals surface area contributed by atoms with Gasteiger partial charge >= 0.3 is 0 Å². The molecule has 3 saturated carbocycles. The van der Waals surface area contributed by atoms with Gasteiger partial charge in [-0.25, -0.2) is 0 Å². The summed E-state index contributed by atoms with van der Waals surface area (Å²) in [7, 11) is 2.14. The Hall–Kier alpha value is -0.0800. The molecule has 4 fully saturated rings. The van der Waals surface area contributed by atoms with Crippen molar-refractivity contribution in [2.24, 2.45) is 35.5 Å². The SMILES string of the molecule is CCCCCN1CC2C3CCC(C(CNC)C3C)C2C1. The Morgan fingerprint density at radius 1 is 1.00 bits per heavy atom. The van der Waals surface area contributed by atoms with Gasteiger partial charge in [-0.05, 0) is 74.9 Å². The number of likely N-dealkylation sites (tertiary alicyclic amines) is 1. The minimum Gasteiger partial charge on any atom is -0.319 e. The van der Waals surface area contributed by atoms with Crippen LogP contribution in [0.5, 0.6) is 0 Å². The monoisotopic (exact) mass is 278 g/mol. The first-order valence-corrected chi connectivity index (χ1v) is 9.13. The van der Waals surface area contributed by atoms with Crippen molar-refractivity contribution in [3.05, 3.63) is 0 Å². The standard InChI is InChI=1S/C18H34N2/c1-4-5-6-9-20-11-17-14-7-8-15(18(17)12-20)16(10-19-3)13(14)2/h13-19H,4-12H2,1-3H3.